The van der Waals surface area contributed by atoms with Gasteiger partial charge in [0, 0.05) is 21.0 Å². The summed E-state index contributed by atoms with van der Waals surface area (Å²) < 4.78 is 0. The van der Waals surface area contributed by atoms with E-state index in [4.69, 9.17) is 11.6 Å². The lowest BCUT2D eigenvalue weighted by Crippen LogP contribution is -2.09. The molecular formula is C20H15ClN2OS. The number of H-pyrrole nitrogens is 1. The molecule has 5 heteroatoms. The second-order valence-electron chi connectivity index (χ2n) is 6.00. The molecule has 0 bridgehead atoms. The van der Waals surface area contributed by atoms with Crippen LogP contribution >= 0.6 is 22.9 Å². The van der Waals surface area contributed by atoms with Gasteiger partial charge in [-0.3, -0.25) is 4.79 Å². The minimum atomic E-state index is -0.116. The van der Waals surface area contributed by atoms with Crippen LogP contribution in [0.4, 0.5) is 0 Å². The Kier molecular flexibility index (Phi) is 3.94. The van der Waals surface area contributed by atoms with Crippen LogP contribution in [0.1, 0.15) is 10.4 Å². The van der Waals surface area contributed by atoms with Crippen molar-refractivity contribution in [3.8, 4) is 22.5 Å². The zero-order valence-electron chi connectivity index (χ0n) is 13.8. The number of nitrogens with zero attached hydrogens (tertiary/aromatic N) is 1. The van der Waals surface area contributed by atoms with Gasteiger partial charge in [0.25, 0.3) is 5.56 Å². The third kappa shape index (κ3) is 2.88. The van der Waals surface area contributed by atoms with Crippen LogP contribution in [0.3, 0.4) is 0 Å². The van der Waals surface area contributed by atoms with Crippen LogP contribution in [0, 0.1) is 13.8 Å². The molecule has 0 unspecified atom stereocenters. The van der Waals surface area contributed by atoms with E-state index >= 15 is 0 Å². The first-order valence-electron chi connectivity index (χ1n) is 7.89. The minimum absolute atomic E-state index is 0.116. The van der Waals surface area contributed by atoms with Crippen LogP contribution in [0.25, 0.3) is 32.7 Å². The third-order valence-corrected chi connectivity index (χ3v) is 5.45. The van der Waals surface area contributed by atoms with Gasteiger partial charge in [0.2, 0.25) is 0 Å². The van der Waals surface area contributed by atoms with Crippen molar-refractivity contribution in [3.63, 3.8) is 0 Å². The lowest BCUT2D eigenvalue weighted by Gasteiger charge is -2.04. The van der Waals surface area contributed by atoms with Gasteiger partial charge in [-0.2, -0.15) is 0 Å². The van der Waals surface area contributed by atoms with E-state index < -0.39 is 0 Å². The second kappa shape index (κ2) is 6.14. The Morgan fingerprint density at radius 1 is 0.960 bits per heavy atom. The fourth-order valence-corrected chi connectivity index (χ4v) is 4.10. The predicted molar refractivity (Wildman–Crippen MR) is 106 cm³/mol. The molecule has 0 aliphatic carbocycles. The highest BCUT2D eigenvalue weighted by molar-refractivity contribution is 7.19. The zero-order chi connectivity index (χ0) is 17.6. The number of benzene rings is 2. The lowest BCUT2D eigenvalue weighted by atomic mass is 10.0. The molecule has 2 aromatic carbocycles. The van der Waals surface area contributed by atoms with Crippen molar-refractivity contribution < 1.29 is 0 Å². The summed E-state index contributed by atoms with van der Waals surface area (Å²) in [6.45, 7) is 4.08. The molecule has 25 heavy (non-hydrogen) atoms. The normalized spacial score (nSPS) is 11.2. The molecule has 3 nitrogen and oxygen atoms in total. The molecule has 0 saturated heterocycles. The zero-order valence-corrected chi connectivity index (χ0v) is 15.3. The highest BCUT2D eigenvalue weighted by atomic mass is 35.5. The third-order valence-electron chi connectivity index (χ3n) is 4.20. The van der Waals surface area contributed by atoms with Gasteiger partial charge >= 0.3 is 0 Å². The first-order valence-corrected chi connectivity index (χ1v) is 9.09. The number of aryl methyl sites for hydroxylation is 2. The van der Waals surface area contributed by atoms with Crippen molar-refractivity contribution >= 4 is 33.2 Å². The molecule has 124 valence electrons. The smallest absolute Gasteiger partial charge is 0.260 e. The molecule has 0 saturated carbocycles. The average molecular weight is 367 g/mol. The first-order chi connectivity index (χ1) is 12.0. The molecule has 0 fully saturated rings. The fraction of sp³-hybridized carbons (Fsp3) is 0.100. The Labute approximate surface area is 154 Å². The molecule has 0 atom stereocenters. The number of aromatic amines is 1. The monoisotopic (exact) mass is 366 g/mol. The molecule has 2 aromatic heterocycles. The molecule has 0 aliphatic heterocycles. The second-order valence-corrected chi connectivity index (χ2v) is 7.64. The molecular weight excluding hydrogens is 352 g/mol. The molecule has 0 amide bonds. The number of halogens is 1. The lowest BCUT2D eigenvalue weighted by molar-refractivity contribution is 1.19. The summed E-state index contributed by atoms with van der Waals surface area (Å²) in [5, 5.41) is 1.31. The van der Waals surface area contributed by atoms with Crippen molar-refractivity contribution in [2.75, 3.05) is 0 Å². The van der Waals surface area contributed by atoms with Gasteiger partial charge in [-0.1, -0.05) is 41.4 Å². The van der Waals surface area contributed by atoms with E-state index in [2.05, 4.69) is 41.2 Å². The maximum Gasteiger partial charge on any atom is 0.260 e. The van der Waals surface area contributed by atoms with Gasteiger partial charge in [-0.25, -0.2) is 4.98 Å². The number of thiophene rings is 1. The summed E-state index contributed by atoms with van der Waals surface area (Å²) in [7, 11) is 0. The molecule has 0 spiro atoms. The van der Waals surface area contributed by atoms with E-state index in [-0.39, 0.29) is 5.56 Å². The van der Waals surface area contributed by atoms with Crippen molar-refractivity contribution in [2.24, 2.45) is 0 Å². The predicted octanol–water partition coefficient (Wildman–Crippen LogP) is 5.59. The largest absolute Gasteiger partial charge is 0.306 e. The van der Waals surface area contributed by atoms with Crippen molar-refractivity contribution in [1.82, 2.24) is 9.97 Å². The molecule has 4 aromatic rings. The Balaban J connectivity index is 1.93. The Morgan fingerprint density at radius 3 is 2.28 bits per heavy atom. The van der Waals surface area contributed by atoms with Crippen LogP contribution < -0.4 is 5.56 Å². The van der Waals surface area contributed by atoms with Crippen LogP contribution in [-0.4, -0.2) is 9.97 Å². The molecule has 0 radical (unpaired) electrons. The molecule has 4 rings (SSSR count). The van der Waals surface area contributed by atoms with E-state index in [1.54, 1.807) is 23.5 Å². The minimum Gasteiger partial charge on any atom is -0.306 e. The summed E-state index contributed by atoms with van der Waals surface area (Å²) in [5.41, 5.74) is 3.93. The number of fused-ring (bicyclic) bond motifs is 1. The van der Waals surface area contributed by atoms with Gasteiger partial charge < -0.3 is 4.98 Å². The van der Waals surface area contributed by atoms with Crippen LogP contribution in [0.2, 0.25) is 5.02 Å². The van der Waals surface area contributed by atoms with E-state index in [0.29, 0.717) is 16.2 Å². The van der Waals surface area contributed by atoms with Gasteiger partial charge in [0.05, 0.1) is 5.39 Å². The van der Waals surface area contributed by atoms with Gasteiger partial charge in [-0.05, 0) is 43.7 Å². The van der Waals surface area contributed by atoms with Gasteiger partial charge in [0.15, 0.2) is 0 Å². The number of hydrogen-bond acceptors (Lipinski definition) is 3. The van der Waals surface area contributed by atoms with E-state index in [0.717, 1.165) is 26.4 Å². The Morgan fingerprint density at radius 2 is 1.60 bits per heavy atom. The highest BCUT2D eigenvalue weighted by Gasteiger charge is 2.17. The summed E-state index contributed by atoms with van der Waals surface area (Å²) in [4.78, 5) is 22.2. The number of hydrogen-bond donors (Lipinski definition) is 1. The summed E-state index contributed by atoms with van der Waals surface area (Å²) in [5.74, 6) is 0.561. The van der Waals surface area contributed by atoms with Crippen LogP contribution in [-0.2, 0) is 0 Å². The van der Waals surface area contributed by atoms with Crippen molar-refractivity contribution in [3.05, 3.63) is 74.3 Å². The van der Waals surface area contributed by atoms with Crippen molar-refractivity contribution in [2.45, 2.75) is 13.8 Å². The molecule has 1 N–H and O–H groups in total. The van der Waals surface area contributed by atoms with Crippen molar-refractivity contribution in [1.29, 1.82) is 0 Å². The van der Waals surface area contributed by atoms with E-state index in [1.165, 1.54) is 5.56 Å². The van der Waals surface area contributed by atoms with Gasteiger partial charge in [0.1, 0.15) is 10.7 Å². The topological polar surface area (TPSA) is 45.8 Å². The maximum absolute atomic E-state index is 12.8. The summed E-state index contributed by atoms with van der Waals surface area (Å²) >= 11 is 7.48. The highest BCUT2D eigenvalue weighted by Crippen LogP contribution is 2.36. The number of rotatable bonds is 2. The van der Waals surface area contributed by atoms with E-state index in [9.17, 15) is 4.79 Å². The summed E-state index contributed by atoms with van der Waals surface area (Å²) in [6, 6.07) is 15.5. The van der Waals surface area contributed by atoms with Crippen LogP contribution in [0.15, 0.2) is 53.3 Å². The quantitative estimate of drug-likeness (QED) is 0.502. The average Bonchev–Trinajstić information content (AvgIpc) is 2.93. The standard InChI is InChI=1S/C20H15ClN2OS/c1-11-3-5-13(6-4-11)16-12(2)25-20-17(16)19(24)22-18(23-20)14-7-9-15(21)10-8-14/h3-10H,1-2H3,(H,22,23,24). The Bertz CT molecular complexity index is 1130. The van der Waals surface area contributed by atoms with E-state index in [1.807, 2.05) is 19.1 Å². The van der Waals surface area contributed by atoms with Crippen LogP contribution in [0.5, 0.6) is 0 Å². The first kappa shape index (κ1) is 16.1. The SMILES string of the molecule is Cc1ccc(-c2c(C)sc3nc(-c4ccc(Cl)cc4)[nH]c(=O)c23)cc1. The Hall–Kier alpha value is -2.43. The number of nitrogens with one attached hydrogen (secondary N) is 1. The molecule has 2 heterocycles. The van der Waals surface area contributed by atoms with Gasteiger partial charge in [-0.15, -0.1) is 11.3 Å². The fourth-order valence-electron chi connectivity index (χ4n) is 2.93. The molecule has 0 aliphatic rings. The number of aromatic nitrogens is 2. The summed E-state index contributed by atoms with van der Waals surface area (Å²) in [6.07, 6.45) is 0. The maximum atomic E-state index is 12.8.